The van der Waals surface area contributed by atoms with Crippen molar-refractivity contribution in [2.75, 3.05) is 26.7 Å². The molecule has 6 nitrogen and oxygen atoms in total. The van der Waals surface area contributed by atoms with Crippen molar-refractivity contribution in [3.05, 3.63) is 23.5 Å². The summed E-state index contributed by atoms with van der Waals surface area (Å²) < 4.78 is 1.97. The van der Waals surface area contributed by atoms with Crippen LogP contribution in [0.4, 0.5) is 0 Å². The summed E-state index contributed by atoms with van der Waals surface area (Å²) in [5.41, 5.74) is 1.74. The topological polar surface area (TPSA) is 57.6 Å². The number of nitrogens with one attached hydrogen (secondary N) is 1. The molecule has 1 aromatic heterocycles. The number of hydrogen-bond acceptors (Lipinski definition) is 3. The molecule has 0 spiro atoms. The van der Waals surface area contributed by atoms with E-state index in [2.05, 4.69) is 17.3 Å². The third-order valence-electron chi connectivity index (χ3n) is 5.70. The van der Waals surface area contributed by atoms with Crippen LogP contribution >= 0.6 is 0 Å². The van der Waals surface area contributed by atoms with E-state index >= 15 is 0 Å². The maximum Gasteiger partial charge on any atom is 0.268 e. The second-order valence-corrected chi connectivity index (χ2v) is 7.48. The lowest BCUT2D eigenvalue weighted by molar-refractivity contribution is -0.132. The molecule has 0 bridgehead atoms. The lowest BCUT2D eigenvalue weighted by Crippen LogP contribution is -2.43. The minimum atomic E-state index is -0.00603. The molecule has 3 rings (SSSR count). The van der Waals surface area contributed by atoms with Crippen LogP contribution in [0.25, 0.3) is 0 Å². The first kappa shape index (κ1) is 18.0. The number of carbonyl (C=O) groups is 2. The molecule has 2 aliphatic rings. The highest BCUT2D eigenvalue weighted by Crippen LogP contribution is 2.31. The third kappa shape index (κ3) is 3.89. The van der Waals surface area contributed by atoms with Gasteiger partial charge in [-0.15, -0.1) is 0 Å². The Kier molecular flexibility index (Phi) is 5.47. The summed E-state index contributed by atoms with van der Waals surface area (Å²) in [6.07, 6.45) is 5.15. The quantitative estimate of drug-likeness (QED) is 0.910. The van der Waals surface area contributed by atoms with Crippen LogP contribution in [0.5, 0.6) is 0 Å². The molecule has 0 unspecified atom stereocenters. The van der Waals surface area contributed by atoms with E-state index in [0.717, 1.165) is 57.4 Å². The Morgan fingerprint density at radius 2 is 1.76 bits per heavy atom. The van der Waals surface area contributed by atoms with Crippen molar-refractivity contribution in [2.24, 2.45) is 7.05 Å². The van der Waals surface area contributed by atoms with Crippen molar-refractivity contribution in [3.63, 3.8) is 0 Å². The SMILES string of the molecule is CC(=O)N1CCCC[C@@H]1c1ccc(C(=O)NC2CCN(C)CC2)n1C. The van der Waals surface area contributed by atoms with Crippen molar-refractivity contribution in [3.8, 4) is 0 Å². The van der Waals surface area contributed by atoms with Gasteiger partial charge in [0.2, 0.25) is 5.91 Å². The Labute approximate surface area is 150 Å². The summed E-state index contributed by atoms with van der Waals surface area (Å²) in [6.45, 7) is 4.50. The Morgan fingerprint density at radius 1 is 1.04 bits per heavy atom. The zero-order valence-electron chi connectivity index (χ0n) is 15.6. The van der Waals surface area contributed by atoms with Gasteiger partial charge in [-0.05, 0) is 64.4 Å². The first-order valence-corrected chi connectivity index (χ1v) is 9.39. The summed E-state index contributed by atoms with van der Waals surface area (Å²) in [6, 6.07) is 4.24. The van der Waals surface area contributed by atoms with Gasteiger partial charge in [0.1, 0.15) is 5.69 Å². The Hall–Kier alpha value is -1.82. The van der Waals surface area contributed by atoms with Gasteiger partial charge >= 0.3 is 0 Å². The standard InChI is InChI=1S/C19H30N4O2/c1-14(24)23-11-5-4-6-17(23)16-7-8-18(22(16)3)19(25)20-15-9-12-21(2)13-10-15/h7-8,15,17H,4-6,9-13H2,1-3H3,(H,20,25)/t17-/m1/s1. The van der Waals surface area contributed by atoms with E-state index in [4.69, 9.17) is 0 Å². The molecule has 6 heteroatoms. The average molecular weight is 346 g/mol. The van der Waals surface area contributed by atoms with E-state index in [1.165, 1.54) is 0 Å². The number of nitrogens with zero attached hydrogens (tertiary/aromatic N) is 3. The molecule has 0 aromatic carbocycles. The number of hydrogen-bond donors (Lipinski definition) is 1. The number of carbonyl (C=O) groups excluding carboxylic acids is 2. The van der Waals surface area contributed by atoms with E-state index in [0.29, 0.717) is 5.69 Å². The number of amides is 2. The summed E-state index contributed by atoms with van der Waals surface area (Å²) in [7, 11) is 4.05. The zero-order valence-corrected chi connectivity index (χ0v) is 15.6. The second kappa shape index (κ2) is 7.60. The molecule has 2 saturated heterocycles. The maximum absolute atomic E-state index is 12.7. The van der Waals surface area contributed by atoms with Gasteiger partial charge in [0.25, 0.3) is 5.91 Å². The van der Waals surface area contributed by atoms with Crippen molar-refractivity contribution in [1.82, 2.24) is 19.7 Å². The number of rotatable bonds is 3. The minimum absolute atomic E-state index is 0.00603. The lowest BCUT2D eigenvalue weighted by Gasteiger charge is -2.35. The first-order valence-electron chi connectivity index (χ1n) is 9.39. The Morgan fingerprint density at radius 3 is 2.44 bits per heavy atom. The number of likely N-dealkylation sites (tertiary alicyclic amines) is 2. The zero-order chi connectivity index (χ0) is 18.0. The number of piperidine rings is 2. The molecule has 3 heterocycles. The van der Waals surface area contributed by atoms with Crippen molar-refractivity contribution >= 4 is 11.8 Å². The minimum Gasteiger partial charge on any atom is -0.348 e. The smallest absolute Gasteiger partial charge is 0.268 e. The highest BCUT2D eigenvalue weighted by molar-refractivity contribution is 5.93. The molecule has 0 radical (unpaired) electrons. The van der Waals surface area contributed by atoms with E-state index < -0.39 is 0 Å². The van der Waals surface area contributed by atoms with Gasteiger partial charge in [-0.2, -0.15) is 0 Å². The van der Waals surface area contributed by atoms with Gasteiger partial charge < -0.3 is 19.7 Å². The van der Waals surface area contributed by atoms with Crippen LogP contribution < -0.4 is 5.32 Å². The van der Waals surface area contributed by atoms with Crippen LogP contribution in [0.2, 0.25) is 0 Å². The molecule has 0 aliphatic carbocycles. The fourth-order valence-corrected chi connectivity index (χ4v) is 4.12. The van der Waals surface area contributed by atoms with Gasteiger partial charge in [0.15, 0.2) is 0 Å². The summed E-state index contributed by atoms with van der Waals surface area (Å²) >= 11 is 0. The van der Waals surface area contributed by atoms with Gasteiger partial charge in [-0.25, -0.2) is 0 Å². The van der Waals surface area contributed by atoms with Crippen molar-refractivity contribution < 1.29 is 9.59 Å². The summed E-state index contributed by atoms with van der Waals surface area (Å²) in [5.74, 6) is 0.108. The highest BCUT2D eigenvalue weighted by atomic mass is 16.2. The van der Waals surface area contributed by atoms with Gasteiger partial charge in [-0.1, -0.05) is 0 Å². The maximum atomic E-state index is 12.7. The predicted octanol–water partition coefficient (Wildman–Crippen LogP) is 1.92. The van der Waals surface area contributed by atoms with Crippen molar-refractivity contribution in [1.29, 1.82) is 0 Å². The van der Waals surface area contributed by atoms with Crippen LogP contribution in [-0.4, -0.2) is 58.9 Å². The van der Waals surface area contributed by atoms with Crippen LogP contribution in [-0.2, 0) is 11.8 Å². The predicted molar refractivity (Wildman–Crippen MR) is 97.4 cm³/mol. The fraction of sp³-hybridized carbons (Fsp3) is 0.684. The van der Waals surface area contributed by atoms with E-state index in [1.807, 2.05) is 28.6 Å². The summed E-state index contributed by atoms with van der Waals surface area (Å²) in [5, 5.41) is 3.18. The monoisotopic (exact) mass is 346 g/mol. The second-order valence-electron chi connectivity index (χ2n) is 7.48. The molecule has 25 heavy (non-hydrogen) atoms. The molecular formula is C19H30N4O2. The van der Waals surface area contributed by atoms with Gasteiger partial charge in [0.05, 0.1) is 6.04 Å². The highest BCUT2D eigenvalue weighted by Gasteiger charge is 2.29. The van der Waals surface area contributed by atoms with Crippen LogP contribution in [0.15, 0.2) is 12.1 Å². The van der Waals surface area contributed by atoms with E-state index in [9.17, 15) is 9.59 Å². The average Bonchev–Trinajstić information content (AvgIpc) is 2.98. The molecule has 138 valence electrons. The molecule has 1 atom stereocenters. The largest absolute Gasteiger partial charge is 0.348 e. The molecule has 1 aromatic rings. The lowest BCUT2D eigenvalue weighted by atomic mass is 9.99. The van der Waals surface area contributed by atoms with Gasteiger partial charge in [-0.3, -0.25) is 9.59 Å². The molecule has 2 aliphatic heterocycles. The molecule has 2 amide bonds. The van der Waals surface area contributed by atoms with E-state index in [1.54, 1.807) is 6.92 Å². The van der Waals surface area contributed by atoms with E-state index in [-0.39, 0.29) is 23.9 Å². The van der Waals surface area contributed by atoms with Gasteiger partial charge in [0, 0.05) is 32.3 Å². The van der Waals surface area contributed by atoms with Crippen LogP contribution in [0.1, 0.15) is 61.3 Å². The summed E-state index contributed by atoms with van der Waals surface area (Å²) in [4.78, 5) is 28.9. The molecular weight excluding hydrogens is 316 g/mol. The number of aromatic nitrogens is 1. The normalized spacial score (nSPS) is 22.8. The Bertz CT molecular complexity index is 631. The Balaban J connectivity index is 1.71. The molecule has 1 N–H and O–H groups in total. The fourth-order valence-electron chi connectivity index (χ4n) is 4.12. The first-order chi connectivity index (χ1) is 12.0. The van der Waals surface area contributed by atoms with Crippen LogP contribution in [0.3, 0.4) is 0 Å². The third-order valence-corrected chi connectivity index (χ3v) is 5.70. The van der Waals surface area contributed by atoms with Crippen molar-refractivity contribution in [2.45, 2.75) is 51.1 Å². The molecule has 0 saturated carbocycles. The molecule has 2 fully saturated rings. The van der Waals surface area contributed by atoms with Crippen LogP contribution in [0, 0.1) is 0 Å².